The van der Waals surface area contributed by atoms with Gasteiger partial charge in [-0.15, -0.1) is 0 Å². The van der Waals surface area contributed by atoms with Crippen LogP contribution in [0, 0.1) is 11.3 Å². The topological polar surface area (TPSA) is 103 Å². The number of carboxylic acid groups (broad SMARTS) is 1. The number of β-amino-alcohol motifs (C(OH)–C–C–N with tert-alkyl or cyclic N) is 1. The molecular formula is C29H31ClN2O4. The molecule has 3 aromatic carbocycles. The Bertz CT molecular complexity index is 1220. The molecule has 188 valence electrons. The van der Waals surface area contributed by atoms with Crippen LogP contribution in [0.1, 0.15) is 48.2 Å². The number of carbonyl (C=O) groups is 1. The first-order valence-corrected chi connectivity index (χ1v) is 12.2. The van der Waals surface area contributed by atoms with Crippen molar-refractivity contribution in [1.29, 1.82) is 5.26 Å². The van der Waals surface area contributed by atoms with Crippen molar-refractivity contribution in [2.75, 3.05) is 13.2 Å². The standard InChI is InChI=1S/C29H31ClN2O4/c1-29(2,15-5-7-21-6-3-4-8-26(21)30)32-18-25(33)19-36-27-16-23(13-14-24(27)17-31)20-9-11-22(12-10-20)28(34)35/h3-4,6,8-14,16,25,32-33H,5,7,15,18-19H2,1-2H3,(H,34,35)/t25-/m1/s1. The van der Waals surface area contributed by atoms with Crippen molar-refractivity contribution in [2.45, 2.75) is 44.8 Å². The van der Waals surface area contributed by atoms with E-state index < -0.39 is 12.1 Å². The maximum absolute atomic E-state index is 11.1. The lowest BCUT2D eigenvalue weighted by atomic mass is 9.95. The van der Waals surface area contributed by atoms with Gasteiger partial charge in [-0.05, 0) is 80.1 Å². The molecule has 0 saturated heterocycles. The molecular weight excluding hydrogens is 476 g/mol. The van der Waals surface area contributed by atoms with Crippen LogP contribution in [0.2, 0.25) is 5.02 Å². The second-order valence-electron chi connectivity index (χ2n) is 9.38. The smallest absolute Gasteiger partial charge is 0.335 e. The van der Waals surface area contributed by atoms with Crippen molar-refractivity contribution in [2.24, 2.45) is 0 Å². The van der Waals surface area contributed by atoms with E-state index in [1.165, 1.54) is 12.1 Å². The van der Waals surface area contributed by atoms with Gasteiger partial charge < -0.3 is 20.3 Å². The highest BCUT2D eigenvalue weighted by Crippen LogP contribution is 2.28. The van der Waals surface area contributed by atoms with Gasteiger partial charge in [0.25, 0.3) is 0 Å². The monoisotopic (exact) mass is 506 g/mol. The van der Waals surface area contributed by atoms with E-state index >= 15 is 0 Å². The van der Waals surface area contributed by atoms with E-state index in [4.69, 9.17) is 21.4 Å². The van der Waals surface area contributed by atoms with Gasteiger partial charge in [-0.3, -0.25) is 0 Å². The van der Waals surface area contributed by atoms with Gasteiger partial charge in [0, 0.05) is 17.1 Å². The summed E-state index contributed by atoms with van der Waals surface area (Å²) in [7, 11) is 0. The lowest BCUT2D eigenvalue weighted by molar-refractivity contribution is 0.0697. The maximum Gasteiger partial charge on any atom is 0.335 e. The summed E-state index contributed by atoms with van der Waals surface area (Å²) in [5, 5.41) is 33.2. The maximum atomic E-state index is 11.1. The van der Waals surface area contributed by atoms with Crippen LogP contribution >= 0.6 is 11.6 Å². The van der Waals surface area contributed by atoms with Crippen LogP contribution in [0.25, 0.3) is 11.1 Å². The molecule has 0 aliphatic heterocycles. The number of halogens is 1. The molecule has 7 heteroatoms. The predicted molar refractivity (Wildman–Crippen MR) is 142 cm³/mol. The SMILES string of the molecule is CC(C)(CCCc1ccccc1Cl)NC[C@@H](O)COc1cc(-c2ccc(C(=O)O)cc2)ccc1C#N. The summed E-state index contributed by atoms with van der Waals surface area (Å²) in [5.74, 6) is -0.618. The van der Waals surface area contributed by atoms with E-state index in [9.17, 15) is 15.2 Å². The Morgan fingerprint density at radius 3 is 2.47 bits per heavy atom. The van der Waals surface area contributed by atoms with Crippen LogP contribution in [-0.2, 0) is 6.42 Å². The summed E-state index contributed by atoms with van der Waals surface area (Å²) in [4.78, 5) is 11.1. The number of aliphatic hydroxyl groups is 1. The van der Waals surface area contributed by atoms with Crippen LogP contribution < -0.4 is 10.1 Å². The molecule has 0 bridgehead atoms. The molecule has 1 atom stereocenters. The van der Waals surface area contributed by atoms with Gasteiger partial charge >= 0.3 is 5.97 Å². The van der Waals surface area contributed by atoms with E-state index in [2.05, 4.69) is 25.2 Å². The zero-order chi connectivity index (χ0) is 26.1. The molecule has 0 heterocycles. The fraction of sp³-hybridized carbons (Fsp3) is 0.310. The van der Waals surface area contributed by atoms with Gasteiger partial charge in [-0.1, -0.05) is 48.0 Å². The van der Waals surface area contributed by atoms with Crippen LogP contribution in [0.4, 0.5) is 0 Å². The quantitative estimate of drug-likeness (QED) is 0.291. The molecule has 0 amide bonds. The molecule has 0 spiro atoms. The van der Waals surface area contributed by atoms with Crippen molar-refractivity contribution in [3.8, 4) is 22.9 Å². The summed E-state index contributed by atoms with van der Waals surface area (Å²) in [5.41, 5.74) is 3.11. The highest BCUT2D eigenvalue weighted by molar-refractivity contribution is 6.31. The number of benzene rings is 3. The van der Waals surface area contributed by atoms with Crippen LogP contribution in [0.15, 0.2) is 66.7 Å². The zero-order valence-electron chi connectivity index (χ0n) is 20.5. The third-order valence-corrected chi connectivity index (χ3v) is 6.39. The van der Waals surface area contributed by atoms with E-state index in [-0.39, 0.29) is 17.7 Å². The summed E-state index contributed by atoms with van der Waals surface area (Å²) in [6.07, 6.45) is 2.00. The van der Waals surface area contributed by atoms with E-state index in [0.29, 0.717) is 17.9 Å². The summed E-state index contributed by atoms with van der Waals surface area (Å²) < 4.78 is 5.81. The normalized spacial score (nSPS) is 12.1. The number of hydrogen-bond acceptors (Lipinski definition) is 5. The molecule has 0 aromatic heterocycles. The number of carboxylic acids is 1. The first-order valence-electron chi connectivity index (χ1n) is 11.9. The molecule has 3 N–H and O–H groups in total. The average molecular weight is 507 g/mol. The van der Waals surface area contributed by atoms with Crippen molar-refractivity contribution < 1.29 is 19.7 Å². The Morgan fingerprint density at radius 1 is 1.11 bits per heavy atom. The summed E-state index contributed by atoms with van der Waals surface area (Å²) in [6.45, 7) is 4.57. The molecule has 6 nitrogen and oxygen atoms in total. The average Bonchev–Trinajstić information content (AvgIpc) is 2.87. The number of nitrogens with zero attached hydrogens (tertiary/aromatic N) is 1. The molecule has 0 unspecified atom stereocenters. The first-order chi connectivity index (χ1) is 17.2. The minimum absolute atomic E-state index is 0.0266. The highest BCUT2D eigenvalue weighted by Gasteiger charge is 2.19. The van der Waals surface area contributed by atoms with Gasteiger partial charge in [0.15, 0.2) is 0 Å². The minimum Gasteiger partial charge on any atom is -0.489 e. The highest BCUT2D eigenvalue weighted by atomic mass is 35.5. The molecule has 36 heavy (non-hydrogen) atoms. The minimum atomic E-state index is -0.989. The summed E-state index contributed by atoms with van der Waals surface area (Å²) >= 11 is 6.24. The molecule has 0 aliphatic rings. The lowest BCUT2D eigenvalue weighted by Crippen LogP contribution is -2.44. The van der Waals surface area contributed by atoms with Crippen LogP contribution in [0.3, 0.4) is 0 Å². The fourth-order valence-electron chi connectivity index (χ4n) is 3.87. The molecule has 0 fully saturated rings. The Morgan fingerprint density at radius 2 is 1.81 bits per heavy atom. The van der Waals surface area contributed by atoms with E-state index in [0.717, 1.165) is 41.0 Å². The van der Waals surface area contributed by atoms with Gasteiger partial charge in [-0.25, -0.2) is 4.79 Å². The number of aromatic carboxylic acids is 1. The first kappa shape index (κ1) is 27.2. The third kappa shape index (κ3) is 7.82. The van der Waals surface area contributed by atoms with Crippen molar-refractivity contribution in [1.82, 2.24) is 5.32 Å². The van der Waals surface area contributed by atoms with Crippen molar-refractivity contribution in [3.05, 3.63) is 88.4 Å². The Hall–Kier alpha value is -3.37. The number of nitrogens with one attached hydrogen (secondary N) is 1. The van der Waals surface area contributed by atoms with Crippen LogP contribution in [-0.4, -0.2) is 41.0 Å². The largest absolute Gasteiger partial charge is 0.489 e. The Kier molecular flexibility index (Phi) is 9.49. The molecule has 3 aromatic rings. The van der Waals surface area contributed by atoms with Gasteiger partial charge in [0.1, 0.15) is 24.5 Å². The number of aryl methyl sites for hydroxylation is 1. The number of ether oxygens (including phenoxy) is 1. The second kappa shape index (κ2) is 12.5. The fourth-order valence-corrected chi connectivity index (χ4v) is 4.10. The van der Waals surface area contributed by atoms with Crippen molar-refractivity contribution >= 4 is 17.6 Å². The van der Waals surface area contributed by atoms with Gasteiger partial charge in [0.05, 0.1) is 11.1 Å². The van der Waals surface area contributed by atoms with Crippen LogP contribution in [0.5, 0.6) is 5.75 Å². The number of hydrogen-bond donors (Lipinski definition) is 3. The van der Waals surface area contributed by atoms with Gasteiger partial charge in [-0.2, -0.15) is 5.26 Å². The number of rotatable bonds is 12. The molecule has 0 saturated carbocycles. The Labute approximate surface area is 217 Å². The molecule has 0 radical (unpaired) electrons. The zero-order valence-corrected chi connectivity index (χ0v) is 21.3. The summed E-state index contributed by atoms with van der Waals surface area (Å²) in [6, 6.07) is 21.6. The molecule has 3 rings (SSSR count). The molecule has 0 aliphatic carbocycles. The predicted octanol–water partition coefficient (Wildman–Crippen LogP) is 5.71. The van der Waals surface area contributed by atoms with E-state index in [1.807, 2.05) is 24.3 Å². The second-order valence-corrected chi connectivity index (χ2v) is 9.79. The van der Waals surface area contributed by atoms with E-state index in [1.54, 1.807) is 30.3 Å². The van der Waals surface area contributed by atoms with Gasteiger partial charge in [0.2, 0.25) is 0 Å². The third-order valence-electron chi connectivity index (χ3n) is 6.02. The number of aliphatic hydroxyl groups excluding tert-OH is 1. The number of nitriles is 1. The Balaban J connectivity index is 1.52. The van der Waals surface area contributed by atoms with Crippen molar-refractivity contribution in [3.63, 3.8) is 0 Å². The lowest BCUT2D eigenvalue weighted by Gasteiger charge is -2.28.